The van der Waals surface area contributed by atoms with Crippen molar-refractivity contribution in [1.82, 2.24) is 5.32 Å². The second-order valence-electron chi connectivity index (χ2n) is 4.61. The molecule has 0 bridgehead atoms. The summed E-state index contributed by atoms with van der Waals surface area (Å²) < 4.78 is 5.17. The van der Waals surface area contributed by atoms with Gasteiger partial charge in [0.15, 0.2) is 0 Å². The zero-order valence-corrected chi connectivity index (χ0v) is 9.89. The van der Waals surface area contributed by atoms with E-state index in [1.807, 2.05) is 12.1 Å². The zero-order chi connectivity index (χ0) is 12.1. The fourth-order valence-corrected chi connectivity index (χ4v) is 2.25. The number of furan rings is 1. The summed E-state index contributed by atoms with van der Waals surface area (Å²) in [6, 6.07) is 3.62. The molecule has 17 heavy (non-hydrogen) atoms. The molecule has 94 valence electrons. The van der Waals surface area contributed by atoms with E-state index in [1.54, 1.807) is 6.26 Å². The lowest BCUT2D eigenvalue weighted by Gasteiger charge is -2.28. The van der Waals surface area contributed by atoms with E-state index in [0.717, 1.165) is 31.4 Å². The Morgan fingerprint density at radius 3 is 3.00 bits per heavy atom. The van der Waals surface area contributed by atoms with Crippen LogP contribution in [-0.4, -0.2) is 23.2 Å². The van der Waals surface area contributed by atoms with E-state index in [-0.39, 0.29) is 18.1 Å². The molecule has 1 amide bonds. The monoisotopic (exact) mass is 237 g/mol. The van der Waals surface area contributed by atoms with Gasteiger partial charge in [-0.25, -0.2) is 0 Å². The molecule has 1 heterocycles. The van der Waals surface area contributed by atoms with E-state index in [1.165, 1.54) is 0 Å². The highest BCUT2D eigenvalue weighted by Gasteiger charge is 2.24. The third-order valence-corrected chi connectivity index (χ3v) is 3.25. The molecule has 2 unspecified atom stereocenters. The van der Waals surface area contributed by atoms with E-state index < -0.39 is 0 Å². The first-order valence-corrected chi connectivity index (χ1v) is 6.25. The van der Waals surface area contributed by atoms with E-state index in [4.69, 9.17) is 4.42 Å². The number of hydrogen-bond acceptors (Lipinski definition) is 3. The highest BCUT2D eigenvalue weighted by atomic mass is 16.3. The second-order valence-corrected chi connectivity index (χ2v) is 4.61. The average molecular weight is 237 g/mol. The third kappa shape index (κ3) is 3.60. The van der Waals surface area contributed by atoms with E-state index in [0.29, 0.717) is 12.8 Å². The Hall–Kier alpha value is -1.29. The smallest absolute Gasteiger partial charge is 0.220 e. The molecule has 1 aliphatic carbocycles. The molecule has 4 nitrogen and oxygen atoms in total. The summed E-state index contributed by atoms with van der Waals surface area (Å²) in [5, 5.41) is 12.6. The predicted molar refractivity (Wildman–Crippen MR) is 63.4 cm³/mol. The lowest BCUT2D eigenvalue weighted by atomic mass is 9.92. The molecule has 1 aromatic rings. The molecule has 2 N–H and O–H groups in total. The summed E-state index contributed by atoms with van der Waals surface area (Å²) in [5.41, 5.74) is 0. The molecule has 0 aliphatic heterocycles. The van der Waals surface area contributed by atoms with E-state index in [9.17, 15) is 9.90 Å². The van der Waals surface area contributed by atoms with Gasteiger partial charge in [-0.15, -0.1) is 0 Å². The number of nitrogens with one attached hydrogen (secondary N) is 1. The Bertz CT molecular complexity index is 348. The maximum absolute atomic E-state index is 11.7. The number of rotatable bonds is 4. The van der Waals surface area contributed by atoms with Crippen LogP contribution < -0.4 is 5.32 Å². The molecule has 2 rings (SSSR count). The van der Waals surface area contributed by atoms with Gasteiger partial charge in [0, 0.05) is 12.8 Å². The molecule has 1 saturated carbocycles. The quantitative estimate of drug-likeness (QED) is 0.836. The van der Waals surface area contributed by atoms with Gasteiger partial charge in [0.1, 0.15) is 5.76 Å². The number of carbonyl (C=O) groups is 1. The summed E-state index contributed by atoms with van der Waals surface area (Å²) in [5.74, 6) is 0.816. The minimum absolute atomic E-state index is 0.00708. The largest absolute Gasteiger partial charge is 0.469 e. The SMILES string of the molecule is O=C(CCc1ccco1)NC1CCCCC1O. The van der Waals surface area contributed by atoms with Gasteiger partial charge in [-0.3, -0.25) is 4.79 Å². The molecular weight excluding hydrogens is 218 g/mol. The van der Waals surface area contributed by atoms with Crippen LogP contribution in [0.25, 0.3) is 0 Å². The second kappa shape index (κ2) is 5.87. The Kier molecular flexibility index (Phi) is 4.20. The molecule has 0 spiro atoms. The van der Waals surface area contributed by atoms with Crippen LogP contribution in [0.2, 0.25) is 0 Å². The van der Waals surface area contributed by atoms with Crippen LogP contribution in [-0.2, 0) is 11.2 Å². The molecule has 1 aromatic heterocycles. The molecule has 1 fully saturated rings. The molecule has 0 saturated heterocycles. The maximum Gasteiger partial charge on any atom is 0.220 e. The topological polar surface area (TPSA) is 62.5 Å². The number of aliphatic hydroxyl groups is 1. The van der Waals surface area contributed by atoms with Gasteiger partial charge in [0.2, 0.25) is 5.91 Å². The summed E-state index contributed by atoms with van der Waals surface area (Å²) in [6.45, 7) is 0. The van der Waals surface area contributed by atoms with Crippen molar-refractivity contribution in [1.29, 1.82) is 0 Å². The third-order valence-electron chi connectivity index (χ3n) is 3.25. The highest BCUT2D eigenvalue weighted by Crippen LogP contribution is 2.18. The lowest BCUT2D eigenvalue weighted by molar-refractivity contribution is -0.123. The first kappa shape index (κ1) is 12.2. The predicted octanol–water partition coefficient (Wildman–Crippen LogP) is 1.63. The van der Waals surface area contributed by atoms with Gasteiger partial charge >= 0.3 is 0 Å². The summed E-state index contributed by atoms with van der Waals surface area (Å²) in [6.07, 6.45) is 6.07. The van der Waals surface area contributed by atoms with Crippen molar-refractivity contribution in [3.05, 3.63) is 24.2 Å². The van der Waals surface area contributed by atoms with Crippen molar-refractivity contribution in [3.63, 3.8) is 0 Å². The molecule has 0 radical (unpaired) electrons. The summed E-state index contributed by atoms with van der Waals surface area (Å²) >= 11 is 0. The fourth-order valence-electron chi connectivity index (χ4n) is 2.25. The summed E-state index contributed by atoms with van der Waals surface area (Å²) in [7, 11) is 0. The highest BCUT2D eigenvalue weighted by molar-refractivity contribution is 5.76. The number of hydrogen-bond donors (Lipinski definition) is 2. The molecule has 1 aliphatic rings. The van der Waals surface area contributed by atoms with Crippen molar-refractivity contribution in [2.45, 2.75) is 50.7 Å². The van der Waals surface area contributed by atoms with Crippen molar-refractivity contribution in [2.24, 2.45) is 0 Å². The van der Waals surface area contributed by atoms with Crippen LogP contribution in [0.5, 0.6) is 0 Å². The molecule has 4 heteroatoms. The van der Waals surface area contributed by atoms with Crippen LogP contribution in [0.1, 0.15) is 37.9 Å². The van der Waals surface area contributed by atoms with Crippen LogP contribution in [0, 0.1) is 0 Å². The fraction of sp³-hybridized carbons (Fsp3) is 0.615. The molecule has 0 aromatic carbocycles. The van der Waals surface area contributed by atoms with Gasteiger partial charge in [0.05, 0.1) is 18.4 Å². The Balaban J connectivity index is 1.73. The summed E-state index contributed by atoms with van der Waals surface area (Å²) in [4.78, 5) is 11.7. The normalized spacial score (nSPS) is 24.5. The van der Waals surface area contributed by atoms with Gasteiger partial charge in [-0.1, -0.05) is 12.8 Å². The van der Waals surface area contributed by atoms with Crippen LogP contribution in [0.4, 0.5) is 0 Å². The van der Waals surface area contributed by atoms with Crippen LogP contribution >= 0.6 is 0 Å². The number of aryl methyl sites for hydroxylation is 1. The minimum Gasteiger partial charge on any atom is -0.469 e. The van der Waals surface area contributed by atoms with Gasteiger partial charge in [-0.2, -0.15) is 0 Å². The van der Waals surface area contributed by atoms with Gasteiger partial charge in [-0.05, 0) is 25.0 Å². The number of carbonyl (C=O) groups excluding carboxylic acids is 1. The van der Waals surface area contributed by atoms with Crippen LogP contribution in [0.15, 0.2) is 22.8 Å². The van der Waals surface area contributed by atoms with Gasteiger partial charge in [0.25, 0.3) is 0 Å². The Morgan fingerprint density at radius 1 is 1.47 bits per heavy atom. The number of amides is 1. The first-order valence-electron chi connectivity index (χ1n) is 6.25. The van der Waals surface area contributed by atoms with Crippen molar-refractivity contribution in [3.8, 4) is 0 Å². The zero-order valence-electron chi connectivity index (χ0n) is 9.89. The van der Waals surface area contributed by atoms with Crippen LogP contribution in [0.3, 0.4) is 0 Å². The van der Waals surface area contributed by atoms with Gasteiger partial charge < -0.3 is 14.8 Å². The molecule has 2 atom stereocenters. The van der Waals surface area contributed by atoms with Crippen molar-refractivity contribution < 1.29 is 14.3 Å². The first-order chi connectivity index (χ1) is 8.25. The van der Waals surface area contributed by atoms with E-state index >= 15 is 0 Å². The van der Waals surface area contributed by atoms with Crippen molar-refractivity contribution >= 4 is 5.91 Å². The lowest BCUT2D eigenvalue weighted by Crippen LogP contribution is -2.45. The standard InChI is InChI=1S/C13H19NO3/c15-12-6-2-1-5-11(12)14-13(16)8-7-10-4-3-9-17-10/h3-4,9,11-12,15H,1-2,5-8H2,(H,14,16). The minimum atomic E-state index is -0.378. The number of aliphatic hydroxyl groups excluding tert-OH is 1. The Labute approximate surface area is 101 Å². The molecular formula is C13H19NO3. The Morgan fingerprint density at radius 2 is 2.29 bits per heavy atom. The maximum atomic E-state index is 11.7. The van der Waals surface area contributed by atoms with Crippen molar-refractivity contribution in [2.75, 3.05) is 0 Å². The van der Waals surface area contributed by atoms with E-state index in [2.05, 4.69) is 5.32 Å². The average Bonchev–Trinajstić information content (AvgIpc) is 2.82.